The Kier molecular flexibility index (Phi) is 3.46. The van der Waals surface area contributed by atoms with E-state index in [0.29, 0.717) is 0 Å². The van der Waals surface area contributed by atoms with E-state index in [-0.39, 0.29) is 0 Å². The molecule has 0 aliphatic heterocycles. The minimum Gasteiger partial charge on any atom is -0.121 e. The van der Waals surface area contributed by atoms with Crippen LogP contribution in [0.4, 0.5) is 0 Å². The SMILES string of the molecule is CC=CCSc1cccc2ccccc12. The van der Waals surface area contributed by atoms with E-state index in [1.807, 2.05) is 11.8 Å². The number of hydrogen-bond donors (Lipinski definition) is 0. The molecule has 0 aliphatic rings. The highest BCUT2D eigenvalue weighted by atomic mass is 32.2. The van der Waals surface area contributed by atoms with Gasteiger partial charge < -0.3 is 0 Å². The quantitative estimate of drug-likeness (QED) is 0.535. The van der Waals surface area contributed by atoms with Crippen molar-refractivity contribution in [1.82, 2.24) is 0 Å². The highest BCUT2D eigenvalue weighted by Crippen LogP contribution is 2.27. The van der Waals surface area contributed by atoms with Gasteiger partial charge in [0.2, 0.25) is 0 Å². The second kappa shape index (κ2) is 5.04. The van der Waals surface area contributed by atoms with Crippen molar-refractivity contribution in [3.63, 3.8) is 0 Å². The zero-order valence-electron chi connectivity index (χ0n) is 8.81. The van der Waals surface area contributed by atoms with Crippen LogP contribution in [0, 0.1) is 0 Å². The highest BCUT2D eigenvalue weighted by Gasteiger charge is 1.98. The number of thioether (sulfide) groups is 1. The van der Waals surface area contributed by atoms with E-state index in [2.05, 4.69) is 61.5 Å². The third-order valence-electron chi connectivity index (χ3n) is 2.32. The Morgan fingerprint density at radius 1 is 1.07 bits per heavy atom. The Labute approximate surface area is 95.0 Å². The molecule has 0 atom stereocenters. The Morgan fingerprint density at radius 3 is 2.73 bits per heavy atom. The second-order valence-corrected chi connectivity index (χ2v) is 4.42. The molecule has 0 aliphatic carbocycles. The molecule has 0 unspecified atom stereocenters. The molecule has 0 radical (unpaired) electrons. The maximum absolute atomic E-state index is 2.19. The normalized spacial score (nSPS) is 11.3. The molecule has 76 valence electrons. The molecule has 0 fully saturated rings. The van der Waals surface area contributed by atoms with Gasteiger partial charge in [0.25, 0.3) is 0 Å². The van der Waals surface area contributed by atoms with Crippen LogP contribution in [-0.4, -0.2) is 5.75 Å². The van der Waals surface area contributed by atoms with Gasteiger partial charge in [0, 0.05) is 10.6 Å². The number of hydrogen-bond acceptors (Lipinski definition) is 1. The first-order chi connectivity index (χ1) is 7.42. The van der Waals surface area contributed by atoms with Crippen LogP contribution >= 0.6 is 11.8 Å². The van der Waals surface area contributed by atoms with E-state index < -0.39 is 0 Å². The molecule has 0 N–H and O–H groups in total. The van der Waals surface area contributed by atoms with Gasteiger partial charge in [0.05, 0.1) is 0 Å². The summed E-state index contributed by atoms with van der Waals surface area (Å²) in [5, 5.41) is 2.68. The van der Waals surface area contributed by atoms with Crippen molar-refractivity contribution in [3.05, 3.63) is 54.6 Å². The minimum absolute atomic E-state index is 1.05. The third kappa shape index (κ3) is 2.42. The summed E-state index contributed by atoms with van der Waals surface area (Å²) in [4.78, 5) is 1.37. The van der Waals surface area contributed by atoms with Crippen LogP contribution < -0.4 is 0 Å². The van der Waals surface area contributed by atoms with Crippen LogP contribution in [0.15, 0.2) is 59.5 Å². The lowest BCUT2D eigenvalue weighted by molar-refractivity contribution is 1.53. The first kappa shape index (κ1) is 10.3. The molecule has 2 aromatic carbocycles. The van der Waals surface area contributed by atoms with Crippen molar-refractivity contribution >= 4 is 22.5 Å². The van der Waals surface area contributed by atoms with Crippen molar-refractivity contribution < 1.29 is 0 Å². The predicted molar refractivity (Wildman–Crippen MR) is 69.5 cm³/mol. The predicted octanol–water partition coefficient (Wildman–Crippen LogP) is 4.51. The van der Waals surface area contributed by atoms with Gasteiger partial charge in [-0.15, -0.1) is 11.8 Å². The fourth-order valence-corrected chi connectivity index (χ4v) is 2.54. The van der Waals surface area contributed by atoms with Gasteiger partial charge >= 0.3 is 0 Å². The Hall–Kier alpha value is -1.21. The molecular formula is C14H14S. The van der Waals surface area contributed by atoms with E-state index in [0.717, 1.165) is 5.75 Å². The summed E-state index contributed by atoms with van der Waals surface area (Å²) in [5.41, 5.74) is 0. The molecule has 2 aromatic rings. The van der Waals surface area contributed by atoms with Gasteiger partial charge in [-0.3, -0.25) is 0 Å². The lowest BCUT2D eigenvalue weighted by Gasteiger charge is -2.03. The zero-order valence-corrected chi connectivity index (χ0v) is 9.63. The summed E-state index contributed by atoms with van der Waals surface area (Å²) in [5.74, 6) is 1.05. The van der Waals surface area contributed by atoms with E-state index in [4.69, 9.17) is 0 Å². The van der Waals surface area contributed by atoms with Crippen molar-refractivity contribution in [3.8, 4) is 0 Å². The maximum Gasteiger partial charge on any atom is 0.0161 e. The second-order valence-electron chi connectivity index (χ2n) is 3.36. The molecule has 2 rings (SSSR count). The van der Waals surface area contributed by atoms with Gasteiger partial charge in [-0.25, -0.2) is 0 Å². The Balaban J connectivity index is 2.34. The van der Waals surface area contributed by atoms with Crippen LogP contribution in [0.3, 0.4) is 0 Å². The molecule has 0 aromatic heterocycles. The van der Waals surface area contributed by atoms with Crippen molar-refractivity contribution in [2.24, 2.45) is 0 Å². The molecule has 0 nitrogen and oxygen atoms in total. The lowest BCUT2D eigenvalue weighted by atomic mass is 10.1. The molecule has 0 saturated heterocycles. The van der Waals surface area contributed by atoms with Crippen LogP contribution in [0.5, 0.6) is 0 Å². The third-order valence-corrected chi connectivity index (χ3v) is 3.35. The molecule has 15 heavy (non-hydrogen) atoms. The molecule has 0 bridgehead atoms. The van der Waals surface area contributed by atoms with Gasteiger partial charge in [0.15, 0.2) is 0 Å². The first-order valence-corrected chi connectivity index (χ1v) is 6.12. The smallest absolute Gasteiger partial charge is 0.0161 e. The fourth-order valence-electron chi connectivity index (χ4n) is 1.56. The van der Waals surface area contributed by atoms with Crippen molar-refractivity contribution in [2.45, 2.75) is 11.8 Å². The van der Waals surface area contributed by atoms with E-state index >= 15 is 0 Å². The van der Waals surface area contributed by atoms with Gasteiger partial charge in [-0.2, -0.15) is 0 Å². The average molecular weight is 214 g/mol. The minimum atomic E-state index is 1.05. The topological polar surface area (TPSA) is 0 Å². The maximum atomic E-state index is 2.19. The first-order valence-electron chi connectivity index (χ1n) is 5.13. The molecule has 0 saturated carbocycles. The Bertz CT molecular complexity index is 466. The number of benzene rings is 2. The van der Waals surface area contributed by atoms with Gasteiger partial charge in [-0.1, -0.05) is 48.6 Å². The van der Waals surface area contributed by atoms with Crippen LogP contribution in [0.2, 0.25) is 0 Å². The number of rotatable bonds is 3. The van der Waals surface area contributed by atoms with E-state index in [1.165, 1.54) is 15.7 Å². The van der Waals surface area contributed by atoms with Crippen LogP contribution in [-0.2, 0) is 0 Å². The summed E-state index contributed by atoms with van der Waals surface area (Å²) in [7, 11) is 0. The number of fused-ring (bicyclic) bond motifs is 1. The molecular weight excluding hydrogens is 200 g/mol. The summed E-state index contributed by atoms with van der Waals surface area (Å²) in [6, 6.07) is 15.0. The molecule has 1 heteroatoms. The highest BCUT2D eigenvalue weighted by molar-refractivity contribution is 7.99. The van der Waals surface area contributed by atoms with Crippen LogP contribution in [0.1, 0.15) is 6.92 Å². The van der Waals surface area contributed by atoms with E-state index in [9.17, 15) is 0 Å². The lowest BCUT2D eigenvalue weighted by Crippen LogP contribution is -1.78. The number of allylic oxidation sites excluding steroid dienone is 1. The van der Waals surface area contributed by atoms with Crippen molar-refractivity contribution in [2.75, 3.05) is 5.75 Å². The molecule has 0 spiro atoms. The summed E-state index contributed by atoms with van der Waals surface area (Å²) >= 11 is 1.89. The fraction of sp³-hybridized carbons (Fsp3) is 0.143. The van der Waals surface area contributed by atoms with Gasteiger partial charge in [0.1, 0.15) is 0 Å². The Morgan fingerprint density at radius 2 is 1.87 bits per heavy atom. The summed E-state index contributed by atoms with van der Waals surface area (Å²) in [6.07, 6.45) is 4.28. The van der Waals surface area contributed by atoms with E-state index in [1.54, 1.807) is 0 Å². The molecule has 0 amide bonds. The summed E-state index contributed by atoms with van der Waals surface area (Å²) < 4.78 is 0. The monoisotopic (exact) mass is 214 g/mol. The molecule has 0 heterocycles. The average Bonchev–Trinajstić information content (AvgIpc) is 2.30. The standard InChI is InChI=1S/C14H14S/c1-2-3-11-15-14-10-6-8-12-7-4-5-9-13(12)14/h2-10H,11H2,1H3. The zero-order chi connectivity index (χ0) is 10.5. The van der Waals surface area contributed by atoms with Crippen LogP contribution in [0.25, 0.3) is 10.8 Å². The van der Waals surface area contributed by atoms with Crippen molar-refractivity contribution in [1.29, 1.82) is 0 Å². The largest absolute Gasteiger partial charge is 0.121 e. The summed E-state index contributed by atoms with van der Waals surface area (Å²) in [6.45, 7) is 2.06. The van der Waals surface area contributed by atoms with Gasteiger partial charge in [-0.05, 0) is 23.8 Å².